The first-order valence-corrected chi connectivity index (χ1v) is 11.4. The quantitative estimate of drug-likeness (QED) is 0.521. The van der Waals surface area contributed by atoms with Crippen LogP contribution >= 0.6 is 23.2 Å². The molecule has 6 nitrogen and oxygen atoms in total. The van der Waals surface area contributed by atoms with E-state index in [1.54, 1.807) is 36.4 Å². The van der Waals surface area contributed by atoms with Crippen LogP contribution in [0.2, 0.25) is 10.0 Å². The Kier molecular flexibility index (Phi) is 6.87. The normalized spacial score (nSPS) is 11.0. The highest BCUT2D eigenvalue weighted by molar-refractivity contribution is 7.92. The number of benzene rings is 3. The van der Waals surface area contributed by atoms with Gasteiger partial charge in [0.05, 0.1) is 17.6 Å². The number of nitrogens with zero attached hydrogens (tertiary/aromatic N) is 1. The zero-order chi connectivity index (χ0) is 21.7. The lowest BCUT2D eigenvalue weighted by molar-refractivity contribution is -0.114. The van der Waals surface area contributed by atoms with E-state index >= 15 is 0 Å². The Balaban J connectivity index is 1.82. The van der Waals surface area contributed by atoms with Gasteiger partial charge in [-0.1, -0.05) is 41.4 Å². The van der Waals surface area contributed by atoms with Gasteiger partial charge in [0.2, 0.25) is 15.9 Å². The third-order valence-corrected chi connectivity index (χ3v) is 5.62. The number of para-hydroxylation sites is 1. The lowest BCUT2D eigenvalue weighted by Crippen LogP contribution is -2.37. The van der Waals surface area contributed by atoms with Crippen LogP contribution in [0, 0.1) is 0 Å². The van der Waals surface area contributed by atoms with Crippen molar-refractivity contribution in [3.05, 3.63) is 82.8 Å². The summed E-state index contributed by atoms with van der Waals surface area (Å²) >= 11 is 11.9. The molecule has 0 saturated carbocycles. The molecule has 0 unspecified atom stereocenters. The van der Waals surface area contributed by atoms with Crippen molar-refractivity contribution in [2.45, 2.75) is 0 Å². The number of hydrogen-bond donors (Lipinski definition) is 1. The number of carbonyl (C=O) groups is 1. The molecule has 0 saturated heterocycles. The van der Waals surface area contributed by atoms with Gasteiger partial charge in [0.15, 0.2) is 5.75 Å². The summed E-state index contributed by atoms with van der Waals surface area (Å²) in [6.07, 6.45) is 1.03. The van der Waals surface area contributed by atoms with Crippen LogP contribution in [-0.2, 0) is 14.8 Å². The molecule has 0 bridgehead atoms. The molecule has 156 valence electrons. The minimum absolute atomic E-state index is 0.320. The molecule has 9 heteroatoms. The molecule has 3 aromatic carbocycles. The largest absolute Gasteiger partial charge is 0.455 e. The first-order chi connectivity index (χ1) is 14.2. The van der Waals surface area contributed by atoms with Gasteiger partial charge in [-0.3, -0.25) is 9.10 Å². The zero-order valence-electron chi connectivity index (χ0n) is 15.9. The minimum atomic E-state index is -3.71. The fourth-order valence-electron chi connectivity index (χ4n) is 2.63. The van der Waals surface area contributed by atoms with Crippen molar-refractivity contribution in [1.82, 2.24) is 0 Å². The zero-order valence-corrected chi connectivity index (χ0v) is 18.2. The summed E-state index contributed by atoms with van der Waals surface area (Å²) in [7, 11) is -3.71. The van der Waals surface area contributed by atoms with Crippen molar-refractivity contribution >= 4 is 50.5 Å². The summed E-state index contributed by atoms with van der Waals surface area (Å²) in [5.41, 5.74) is 0.643. The maximum atomic E-state index is 12.7. The number of anilines is 2. The summed E-state index contributed by atoms with van der Waals surface area (Å²) in [6.45, 7) is -0.433. The second-order valence-electron chi connectivity index (χ2n) is 6.35. The number of rotatable bonds is 7. The van der Waals surface area contributed by atoms with Crippen LogP contribution in [0.5, 0.6) is 11.5 Å². The van der Waals surface area contributed by atoms with E-state index in [0.717, 1.165) is 10.6 Å². The van der Waals surface area contributed by atoms with Crippen LogP contribution in [0.3, 0.4) is 0 Å². The van der Waals surface area contributed by atoms with Crippen LogP contribution in [-0.4, -0.2) is 27.1 Å². The molecular weight excluding hydrogens is 447 g/mol. The molecule has 1 N–H and O–H groups in total. The van der Waals surface area contributed by atoms with Crippen LogP contribution in [0.25, 0.3) is 0 Å². The first kappa shape index (κ1) is 22.0. The lowest BCUT2D eigenvalue weighted by Gasteiger charge is -2.22. The highest BCUT2D eigenvalue weighted by Gasteiger charge is 2.21. The van der Waals surface area contributed by atoms with Crippen molar-refractivity contribution in [3.8, 4) is 11.5 Å². The third-order valence-electron chi connectivity index (χ3n) is 3.99. The van der Waals surface area contributed by atoms with Crippen LogP contribution in [0.15, 0.2) is 72.8 Å². The average molecular weight is 465 g/mol. The smallest absolute Gasteiger partial charge is 0.245 e. The molecule has 0 heterocycles. The van der Waals surface area contributed by atoms with E-state index in [-0.39, 0.29) is 0 Å². The van der Waals surface area contributed by atoms with Gasteiger partial charge in [-0.2, -0.15) is 0 Å². The summed E-state index contributed by atoms with van der Waals surface area (Å²) < 4.78 is 31.3. The summed E-state index contributed by atoms with van der Waals surface area (Å²) in [5.74, 6) is 0.390. The third kappa shape index (κ3) is 5.89. The Labute approximate surface area is 185 Å². The standard InChI is InChI=1S/C21H18Cl2N2O4S/c1-30(27,28)25(17-10-7-15(22)8-11-17)14-21(26)24-19-13-16(23)9-12-20(19)29-18-5-3-2-4-6-18/h2-13H,14H2,1H3,(H,24,26). The van der Waals surface area contributed by atoms with E-state index in [1.807, 2.05) is 18.2 Å². The van der Waals surface area contributed by atoms with E-state index in [1.165, 1.54) is 18.2 Å². The molecule has 0 spiro atoms. The van der Waals surface area contributed by atoms with E-state index in [0.29, 0.717) is 32.9 Å². The SMILES string of the molecule is CS(=O)(=O)N(CC(=O)Nc1cc(Cl)ccc1Oc1ccccc1)c1ccc(Cl)cc1. The second kappa shape index (κ2) is 9.38. The summed E-state index contributed by atoms with van der Waals surface area (Å²) in [4.78, 5) is 12.7. The second-order valence-corrected chi connectivity index (χ2v) is 9.13. The average Bonchev–Trinajstić information content (AvgIpc) is 2.69. The van der Waals surface area contributed by atoms with Gasteiger partial charge >= 0.3 is 0 Å². The van der Waals surface area contributed by atoms with Crippen LogP contribution < -0.4 is 14.4 Å². The molecule has 0 aliphatic carbocycles. The van der Waals surface area contributed by atoms with Gasteiger partial charge in [0.25, 0.3) is 0 Å². The topological polar surface area (TPSA) is 75.7 Å². The van der Waals surface area contributed by atoms with Gasteiger partial charge in [0.1, 0.15) is 12.3 Å². The number of carbonyl (C=O) groups excluding carboxylic acids is 1. The van der Waals surface area contributed by atoms with E-state index in [4.69, 9.17) is 27.9 Å². The Morgan fingerprint density at radius 1 is 0.967 bits per heavy atom. The van der Waals surface area contributed by atoms with E-state index in [2.05, 4.69) is 5.32 Å². The molecule has 0 atom stereocenters. The van der Waals surface area contributed by atoms with E-state index < -0.39 is 22.5 Å². The molecule has 30 heavy (non-hydrogen) atoms. The molecule has 3 rings (SSSR count). The predicted molar refractivity (Wildman–Crippen MR) is 120 cm³/mol. The molecule has 0 aliphatic heterocycles. The fourth-order valence-corrected chi connectivity index (χ4v) is 3.79. The Morgan fingerprint density at radius 2 is 1.60 bits per heavy atom. The van der Waals surface area contributed by atoms with Crippen molar-refractivity contribution in [2.75, 3.05) is 22.4 Å². The van der Waals surface area contributed by atoms with Crippen molar-refractivity contribution in [1.29, 1.82) is 0 Å². The van der Waals surface area contributed by atoms with Crippen molar-refractivity contribution < 1.29 is 17.9 Å². The highest BCUT2D eigenvalue weighted by Crippen LogP contribution is 2.32. The van der Waals surface area contributed by atoms with Gasteiger partial charge in [0, 0.05) is 10.0 Å². The number of amides is 1. The van der Waals surface area contributed by atoms with Crippen LogP contribution in [0.1, 0.15) is 0 Å². The molecule has 0 aromatic heterocycles. The number of sulfonamides is 1. The number of hydrogen-bond acceptors (Lipinski definition) is 4. The van der Waals surface area contributed by atoms with Gasteiger partial charge in [-0.25, -0.2) is 8.42 Å². The van der Waals surface area contributed by atoms with Gasteiger partial charge in [-0.15, -0.1) is 0 Å². The summed E-state index contributed by atoms with van der Waals surface area (Å²) in [5, 5.41) is 3.52. The number of halogens is 2. The fraction of sp³-hybridized carbons (Fsp3) is 0.0952. The molecule has 0 radical (unpaired) electrons. The Hall–Kier alpha value is -2.74. The lowest BCUT2D eigenvalue weighted by atomic mass is 10.2. The Morgan fingerprint density at radius 3 is 2.23 bits per heavy atom. The maximum absolute atomic E-state index is 12.7. The van der Waals surface area contributed by atoms with Gasteiger partial charge in [-0.05, 0) is 54.6 Å². The minimum Gasteiger partial charge on any atom is -0.455 e. The maximum Gasteiger partial charge on any atom is 0.245 e. The van der Waals surface area contributed by atoms with E-state index in [9.17, 15) is 13.2 Å². The number of ether oxygens (including phenoxy) is 1. The van der Waals surface area contributed by atoms with Gasteiger partial charge < -0.3 is 10.1 Å². The monoisotopic (exact) mass is 464 g/mol. The predicted octanol–water partition coefficient (Wildman–Crippen LogP) is 5.19. The highest BCUT2D eigenvalue weighted by atomic mass is 35.5. The number of nitrogens with one attached hydrogen (secondary N) is 1. The Bertz CT molecular complexity index is 1140. The van der Waals surface area contributed by atoms with Crippen molar-refractivity contribution in [2.24, 2.45) is 0 Å². The molecular formula is C21H18Cl2N2O4S. The summed E-state index contributed by atoms with van der Waals surface area (Å²) in [6, 6.07) is 20.0. The molecule has 1 amide bonds. The molecule has 0 aliphatic rings. The molecule has 0 fully saturated rings. The van der Waals surface area contributed by atoms with Crippen LogP contribution in [0.4, 0.5) is 11.4 Å². The molecule has 3 aromatic rings. The first-order valence-electron chi connectivity index (χ1n) is 8.78. The van der Waals surface area contributed by atoms with Crippen molar-refractivity contribution in [3.63, 3.8) is 0 Å².